The van der Waals surface area contributed by atoms with Gasteiger partial charge in [0.05, 0.1) is 0 Å². The largest absolute Gasteiger partial charge is 0.305 e. The number of halogens is 2. The molecule has 0 fully saturated rings. The molecule has 1 unspecified atom stereocenters. The first kappa shape index (κ1) is 12.9. The normalized spacial score (nSPS) is 18.0. The van der Waals surface area contributed by atoms with Crippen molar-refractivity contribution in [2.45, 2.75) is 25.4 Å². The second kappa shape index (κ2) is 5.45. The summed E-state index contributed by atoms with van der Waals surface area (Å²) < 4.78 is 2.47. The fourth-order valence-electron chi connectivity index (χ4n) is 2.49. The zero-order valence-corrected chi connectivity index (χ0v) is 13.7. The lowest BCUT2D eigenvalue weighted by atomic mass is 10.1. The standard InChI is InChI=1S/C14H13Br2NS/c15-11-3-1-2-10-9(11)4-5-13(10)17-8-14-12(16)6-7-18-14/h1-3,6-7,13,17H,4-5,8H2. The van der Waals surface area contributed by atoms with Crippen LogP contribution < -0.4 is 5.32 Å². The lowest BCUT2D eigenvalue weighted by Crippen LogP contribution is -2.18. The average Bonchev–Trinajstić information content (AvgIpc) is 2.94. The molecule has 1 aliphatic rings. The molecule has 18 heavy (non-hydrogen) atoms. The van der Waals surface area contributed by atoms with Gasteiger partial charge < -0.3 is 5.32 Å². The smallest absolute Gasteiger partial charge is 0.0329 e. The zero-order valence-electron chi connectivity index (χ0n) is 9.75. The Kier molecular flexibility index (Phi) is 3.89. The first-order chi connectivity index (χ1) is 8.75. The van der Waals surface area contributed by atoms with E-state index in [-0.39, 0.29) is 0 Å². The minimum Gasteiger partial charge on any atom is -0.305 e. The average molecular weight is 387 g/mol. The van der Waals surface area contributed by atoms with Gasteiger partial charge in [0.1, 0.15) is 0 Å². The molecule has 3 rings (SSSR count). The molecule has 1 atom stereocenters. The van der Waals surface area contributed by atoms with Crippen LogP contribution in [0.25, 0.3) is 0 Å². The Morgan fingerprint density at radius 1 is 1.22 bits per heavy atom. The van der Waals surface area contributed by atoms with Gasteiger partial charge in [0.2, 0.25) is 0 Å². The topological polar surface area (TPSA) is 12.0 Å². The van der Waals surface area contributed by atoms with E-state index < -0.39 is 0 Å². The lowest BCUT2D eigenvalue weighted by molar-refractivity contribution is 0.533. The molecule has 1 aliphatic carbocycles. The fraction of sp³-hybridized carbons (Fsp3) is 0.286. The highest BCUT2D eigenvalue weighted by atomic mass is 79.9. The second-order valence-electron chi connectivity index (χ2n) is 4.47. The molecule has 2 aromatic rings. The SMILES string of the molecule is Brc1ccsc1CNC1CCc2c(Br)cccc21. The van der Waals surface area contributed by atoms with E-state index in [1.54, 1.807) is 11.3 Å². The minimum atomic E-state index is 0.492. The molecule has 4 heteroatoms. The number of rotatable bonds is 3. The lowest BCUT2D eigenvalue weighted by Gasteiger charge is -2.13. The van der Waals surface area contributed by atoms with Gasteiger partial charge in [0.25, 0.3) is 0 Å². The van der Waals surface area contributed by atoms with Gasteiger partial charge in [0.15, 0.2) is 0 Å². The van der Waals surface area contributed by atoms with Gasteiger partial charge in [0, 0.05) is 26.4 Å². The third kappa shape index (κ3) is 2.44. The maximum atomic E-state index is 3.67. The molecule has 0 radical (unpaired) electrons. The molecule has 1 nitrogen and oxygen atoms in total. The van der Waals surface area contributed by atoms with Gasteiger partial charge in [-0.1, -0.05) is 28.1 Å². The first-order valence-electron chi connectivity index (χ1n) is 5.98. The molecule has 1 aromatic carbocycles. The summed E-state index contributed by atoms with van der Waals surface area (Å²) in [6.45, 7) is 0.939. The fourth-order valence-corrected chi connectivity index (χ4v) is 4.51. The molecule has 0 aliphatic heterocycles. The maximum absolute atomic E-state index is 3.67. The summed E-state index contributed by atoms with van der Waals surface area (Å²) >= 11 is 9.02. The van der Waals surface area contributed by atoms with Gasteiger partial charge >= 0.3 is 0 Å². The third-order valence-electron chi connectivity index (χ3n) is 3.41. The first-order valence-corrected chi connectivity index (χ1v) is 8.45. The number of thiophene rings is 1. The summed E-state index contributed by atoms with van der Waals surface area (Å²) in [4.78, 5) is 1.37. The van der Waals surface area contributed by atoms with Crippen LogP contribution in [0.3, 0.4) is 0 Å². The van der Waals surface area contributed by atoms with E-state index in [4.69, 9.17) is 0 Å². The summed E-state index contributed by atoms with van der Waals surface area (Å²) in [7, 11) is 0. The second-order valence-corrected chi connectivity index (χ2v) is 7.18. The Bertz CT molecular complexity index is 565. The summed E-state index contributed by atoms with van der Waals surface area (Å²) in [5.41, 5.74) is 2.93. The van der Waals surface area contributed by atoms with Crippen molar-refractivity contribution >= 4 is 43.2 Å². The molecule has 94 valence electrons. The van der Waals surface area contributed by atoms with Crippen LogP contribution in [-0.2, 0) is 13.0 Å². The van der Waals surface area contributed by atoms with Crippen LogP contribution in [0.5, 0.6) is 0 Å². The molecule has 1 aromatic heterocycles. The van der Waals surface area contributed by atoms with E-state index >= 15 is 0 Å². The van der Waals surface area contributed by atoms with Crippen molar-refractivity contribution in [1.29, 1.82) is 0 Å². The third-order valence-corrected chi connectivity index (χ3v) is 6.08. The van der Waals surface area contributed by atoms with Crippen molar-refractivity contribution in [3.8, 4) is 0 Å². The van der Waals surface area contributed by atoms with Crippen LogP contribution >= 0.6 is 43.2 Å². The molecule has 0 saturated carbocycles. The molecule has 1 heterocycles. The predicted molar refractivity (Wildman–Crippen MR) is 84.1 cm³/mol. The summed E-state index contributed by atoms with van der Waals surface area (Å²) in [5, 5.41) is 5.79. The molecule has 1 N–H and O–H groups in total. The molecular weight excluding hydrogens is 374 g/mol. The Morgan fingerprint density at radius 3 is 2.89 bits per heavy atom. The van der Waals surface area contributed by atoms with E-state index in [0.717, 1.165) is 6.54 Å². The van der Waals surface area contributed by atoms with E-state index in [2.05, 4.69) is 66.8 Å². The summed E-state index contributed by atoms with van der Waals surface area (Å²) in [6, 6.07) is 9.11. The molecule has 0 amide bonds. The molecule has 0 saturated heterocycles. The van der Waals surface area contributed by atoms with Crippen LogP contribution in [0.15, 0.2) is 38.6 Å². The summed E-state index contributed by atoms with van der Waals surface area (Å²) in [5.74, 6) is 0. The Morgan fingerprint density at radius 2 is 2.11 bits per heavy atom. The van der Waals surface area contributed by atoms with Crippen molar-refractivity contribution < 1.29 is 0 Å². The van der Waals surface area contributed by atoms with Crippen LogP contribution in [0.2, 0.25) is 0 Å². The number of fused-ring (bicyclic) bond motifs is 1. The predicted octanol–water partition coefficient (Wildman–Crippen LogP) is 5.05. The Balaban J connectivity index is 1.74. The highest BCUT2D eigenvalue weighted by molar-refractivity contribution is 9.10. The van der Waals surface area contributed by atoms with Crippen LogP contribution in [0.4, 0.5) is 0 Å². The monoisotopic (exact) mass is 385 g/mol. The highest BCUT2D eigenvalue weighted by Crippen LogP contribution is 2.36. The van der Waals surface area contributed by atoms with E-state index in [1.165, 1.54) is 37.8 Å². The number of benzene rings is 1. The van der Waals surface area contributed by atoms with Crippen molar-refractivity contribution in [2.24, 2.45) is 0 Å². The van der Waals surface area contributed by atoms with Crippen molar-refractivity contribution in [2.75, 3.05) is 0 Å². The van der Waals surface area contributed by atoms with Gasteiger partial charge in [-0.25, -0.2) is 0 Å². The zero-order chi connectivity index (χ0) is 12.5. The van der Waals surface area contributed by atoms with Gasteiger partial charge in [-0.2, -0.15) is 0 Å². The van der Waals surface area contributed by atoms with Gasteiger partial charge in [-0.05, 0) is 57.4 Å². The number of nitrogens with one attached hydrogen (secondary N) is 1. The quantitative estimate of drug-likeness (QED) is 0.778. The molecule has 0 spiro atoms. The maximum Gasteiger partial charge on any atom is 0.0329 e. The summed E-state index contributed by atoms with van der Waals surface area (Å²) in [6.07, 6.45) is 2.36. The Hall–Kier alpha value is -0.160. The van der Waals surface area contributed by atoms with Crippen molar-refractivity contribution in [3.63, 3.8) is 0 Å². The van der Waals surface area contributed by atoms with Crippen LogP contribution in [-0.4, -0.2) is 0 Å². The number of hydrogen-bond donors (Lipinski definition) is 1. The van der Waals surface area contributed by atoms with E-state index in [9.17, 15) is 0 Å². The molecular formula is C14H13Br2NS. The molecule has 0 bridgehead atoms. The van der Waals surface area contributed by atoms with Gasteiger partial charge in [-0.15, -0.1) is 11.3 Å². The Labute approximate surface area is 128 Å². The van der Waals surface area contributed by atoms with Crippen molar-refractivity contribution in [3.05, 3.63) is 54.6 Å². The highest BCUT2D eigenvalue weighted by Gasteiger charge is 2.23. The van der Waals surface area contributed by atoms with E-state index in [0.29, 0.717) is 6.04 Å². The van der Waals surface area contributed by atoms with Crippen LogP contribution in [0, 0.1) is 0 Å². The van der Waals surface area contributed by atoms with E-state index in [1.807, 2.05) is 0 Å². The minimum absolute atomic E-state index is 0.492. The number of hydrogen-bond acceptors (Lipinski definition) is 2. The van der Waals surface area contributed by atoms with Gasteiger partial charge in [-0.3, -0.25) is 0 Å². The van der Waals surface area contributed by atoms with Crippen molar-refractivity contribution in [1.82, 2.24) is 5.32 Å². The van der Waals surface area contributed by atoms with Crippen LogP contribution in [0.1, 0.15) is 28.5 Å².